The predicted octanol–water partition coefficient (Wildman–Crippen LogP) is -0.993. The van der Waals surface area contributed by atoms with Gasteiger partial charge in [-0.05, 0) is 124 Å². The second-order valence-electron chi connectivity index (χ2n) is 25.9. The summed E-state index contributed by atoms with van der Waals surface area (Å²) in [6, 6.07) is 0. The highest BCUT2D eigenvalue weighted by molar-refractivity contribution is 5.65. The van der Waals surface area contributed by atoms with E-state index < -0.39 is 171 Å². The largest absolute Gasteiger partial charge is 0.463 e. The molecule has 23 heteroatoms. The number of allylic oxidation sites excluding steroid dienone is 2. The van der Waals surface area contributed by atoms with Crippen molar-refractivity contribution in [1.82, 2.24) is 0 Å². The zero-order valence-electron chi connectivity index (χ0n) is 46.6. The normalized spacial score (nSPS) is 51.1. The van der Waals surface area contributed by atoms with Gasteiger partial charge < -0.3 is 109 Å². The van der Waals surface area contributed by atoms with Gasteiger partial charge in [-0.3, -0.25) is 4.79 Å². The summed E-state index contributed by atoms with van der Waals surface area (Å²) in [7, 11) is 0. The fourth-order valence-electron chi connectivity index (χ4n) is 16.2. The topological polar surface area (TPSA) is 363 Å². The lowest BCUT2D eigenvalue weighted by atomic mass is 9.35. The first-order chi connectivity index (χ1) is 36.5. The fraction of sp³-hybridized carbons (Fsp3) is 0.945. The van der Waals surface area contributed by atoms with Crippen molar-refractivity contribution in [2.75, 3.05) is 26.4 Å². The van der Waals surface area contributed by atoms with Crippen molar-refractivity contribution in [3.05, 3.63) is 11.6 Å². The molecule has 0 amide bonds. The lowest BCUT2D eigenvalue weighted by Crippen LogP contribution is -2.68. The van der Waals surface area contributed by atoms with Gasteiger partial charge in [-0.25, -0.2) is 0 Å². The van der Waals surface area contributed by atoms with Crippen LogP contribution in [0.4, 0.5) is 0 Å². The molecule has 13 N–H and O–H groups in total. The van der Waals surface area contributed by atoms with Crippen LogP contribution in [0.25, 0.3) is 0 Å². The summed E-state index contributed by atoms with van der Waals surface area (Å²) in [6.07, 6.45) is -23.5. The Kier molecular flexibility index (Phi) is 19.0. The third kappa shape index (κ3) is 11.2. The summed E-state index contributed by atoms with van der Waals surface area (Å²) in [5, 5.41) is 143. The summed E-state index contributed by atoms with van der Waals surface area (Å²) >= 11 is 0. The van der Waals surface area contributed by atoms with Crippen LogP contribution in [-0.4, -0.2) is 233 Å². The molecule has 4 saturated carbocycles. The molecule has 78 heavy (non-hydrogen) atoms. The maximum atomic E-state index is 12.9. The Morgan fingerprint density at radius 1 is 0.603 bits per heavy atom. The Bertz CT molecular complexity index is 2060. The molecule has 8 aliphatic rings. The van der Waals surface area contributed by atoms with E-state index >= 15 is 0 Å². The number of carbonyl (C=O) groups excluding carboxylic acids is 1. The van der Waals surface area contributed by atoms with E-state index in [9.17, 15) is 71.2 Å². The SMILES string of the molecule is CC(=O)OCC1OC(OC2C(OC3CCC4(C)C(CCC5(C)C4CC(O)C4C(C(C)(CCC=C(C)C)OC6OC(CO)C(O)C(O)C6OC6OCC(O)C(O)C6O)CCC45C)C3(C)C)OC(CO)C(O)C2O)C(O)C(O)C1O. The van der Waals surface area contributed by atoms with Crippen LogP contribution in [0.5, 0.6) is 0 Å². The molecule has 0 aromatic rings. The van der Waals surface area contributed by atoms with Gasteiger partial charge in [-0.1, -0.05) is 46.3 Å². The molecule has 4 heterocycles. The van der Waals surface area contributed by atoms with Gasteiger partial charge in [0.05, 0.1) is 37.6 Å². The van der Waals surface area contributed by atoms with E-state index in [0.29, 0.717) is 38.5 Å². The summed E-state index contributed by atoms with van der Waals surface area (Å²) in [5.74, 6) is -1.20. The smallest absolute Gasteiger partial charge is 0.302 e. The van der Waals surface area contributed by atoms with E-state index in [1.54, 1.807) is 0 Å². The van der Waals surface area contributed by atoms with Crippen molar-refractivity contribution in [3.63, 3.8) is 0 Å². The minimum absolute atomic E-state index is 0.0241. The van der Waals surface area contributed by atoms with Gasteiger partial charge >= 0.3 is 5.97 Å². The van der Waals surface area contributed by atoms with Crippen LogP contribution in [0.15, 0.2) is 11.6 Å². The number of rotatable bonds is 16. The molecular formula is C55H92O23. The number of hydrogen-bond donors (Lipinski definition) is 13. The van der Waals surface area contributed by atoms with Crippen molar-refractivity contribution in [1.29, 1.82) is 0 Å². The van der Waals surface area contributed by atoms with Crippen molar-refractivity contribution < 1.29 is 114 Å². The Hall–Kier alpha value is -1.63. The molecule has 0 aromatic heterocycles. The van der Waals surface area contributed by atoms with Crippen LogP contribution in [0.2, 0.25) is 0 Å². The van der Waals surface area contributed by atoms with Crippen molar-refractivity contribution in [2.24, 2.45) is 45.3 Å². The van der Waals surface area contributed by atoms with E-state index in [1.165, 1.54) is 0 Å². The number of esters is 1. The van der Waals surface area contributed by atoms with E-state index in [1.807, 2.05) is 20.8 Å². The zero-order chi connectivity index (χ0) is 57.4. The first-order valence-electron chi connectivity index (χ1n) is 28.2. The number of carbonyl (C=O) groups is 1. The maximum absolute atomic E-state index is 12.9. The molecule has 29 unspecified atom stereocenters. The van der Waals surface area contributed by atoms with E-state index in [2.05, 4.69) is 40.7 Å². The molecule has 23 nitrogen and oxygen atoms in total. The predicted molar refractivity (Wildman–Crippen MR) is 270 cm³/mol. The van der Waals surface area contributed by atoms with Gasteiger partial charge in [-0.2, -0.15) is 0 Å². The standard InChI is InChI=1S/C55H92O23/c1-24(2)11-10-15-55(9,78-50-46(42(67)38(63)30(21-57)73-50)76-47-43(68)36(61)28(60)22-71-47)26-12-17-54(8)35(26)27(59)19-33-52(6)16-14-34(51(4,5)32(52)13-18-53(33,54)7)75-49-45(41(66)37(62)29(20-56)72-49)77-48-44(69)40(65)39(64)31(74-48)23-70-25(3)58/h11,26-50,56-57,59-69H,10,12-23H2,1-9H3. The van der Waals surface area contributed by atoms with E-state index in [0.717, 1.165) is 31.8 Å². The van der Waals surface area contributed by atoms with Gasteiger partial charge in [0.1, 0.15) is 98.2 Å². The van der Waals surface area contributed by atoms with Gasteiger partial charge in [0, 0.05) is 6.92 Å². The lowest BCUT2D eigenvalue weighted by molar-refractivity contribution is -0.379. The molecule has 450 valence electrons. The minimum atomic E-state index is -1.85. The van der Waals surface area contributed by atoms with Gasteiger partial charge in [0.25, 0.3) is 0 Å². The van der Waals surface area contributed by atoms with Gasteiger partial charge in [0.2, 0.25) is 0 Å². The molecule has 0 bridgehead atoms. The van der Waals surface area contributed by atoms with Gasteiger partial charge in [-0.15, -0.1) is 0 Å². The Morgan fingerprint density at radius 2 is 1.17 bits per heavy atom. The zero-order valence-corrected chi connectivity index (χ0v) is 46.6. The van der Waals surface area contributed by atoms with Gasteiger partial charge in [0.15, 0.2) is 25.2 Å². The quantitative estimate of drug-likeness (QED) is 0.0501. The second-order valence-corrected chi connectivity index (χ2v) is 25.9. The average Bonchev–Trinajstić information content (AvgIpc) is 3.96. The molecule has 0 aromatic carbocycles. The van der Waals surface area contributed by atoms with Crippen molar-refractivity contribution in [3.8, 4) is 0 Å². The lowest BCUT2D eigenvalue weighted by Gasteiger charge is -2.71. The molecule has 0 radical (unpaired) electrons. The number of hydrogen-bond acceptors (Lipinski definition) is 23. The minimum Gasteiger partial charge on any atom is -0.463 e. The molecule has 0 spiro atoms. The average molecular weight is 1120 g/mol. The molecule has 4 aliphatic heterocycles. The molecule has 29 atom stereocenters. The highest BCUT2D eigenvalue weighted by Crippen LogP contribution is 2.76. The first kappa shape index (κ1) is 62.4. The Balaban J connectivity index is 1.04. The third-order valence-electron chi connectivity index (χ3n) is 20.8. The molecular weight excluding hydrogens is 1030 g/mol. The first-order valence-corrected chi connectivity index (χ1v) is 28.2. The highest BCUT2D eigenvalue weighted by atomic mass is 16.8. The Morgan fingerprint density at radius 3 is 1.78 bits per heavy atom. The fourth-order valence-corrected chi connectivity index (χ4v) is 16.2. The number of aliphatic hydroxyl groups is 13. The third-order valence-corrected chi connectivity index (χ3v) is 20.8. The van der Waals surface area contributed by atoms with Crippen LogP contribution in [0.3, 0.4) is 0 Å². The number of fused-ring (bicyclic) bond motifs is 5. The van der Waals surface area contributed by atoms with Crippen LogP contribution in [0, 0.1) is 45.3 Å². The molecule has 8 rings (SSSR count). The summed E-state index contributed by atoms with van der Waals surface area (Å²) in [6.45, 7) is 16.1. The van der Waals surface area contributed by atoms with Crippen LogP contribution < -0.4 is 0 Å². The van der Waals surface area contributed by atoms with E-state index in [4.69, 9.17) is 42.6 Å². The number of aliphatic hydroxyl groups excluding tert-OH is 13. The van der Waals surface area contributed by atoms with Crippen molar-refractivity contribution in [2.45, 2.75) is 255 Å². The summed E-state index contributed by atoms with van der Waals surface area (Å²) in [4.78, 5) is 11.6. The van der Waals surface area contributed by atoms with E-state index in [-0.39, 0.29) is 41.1 Å². The van der Waals surface area contributed by atoms with Crippen LogP contribution in [0.1, 0.15) is 120 Å². The summed E-state index contributed by atoms with van der Waals surface area (Å²) in [5.41, 5.74) is -1.65. The summed E-state index contributed by atoms with van der Waals surface area (Å²) < 4.78 is 54.9. The second kappa shape index (κ2) is 23.8. The molecule has 4 aliphatic carbocycles. The van der Waals surface area contributed by atoms with Crippen molar-refractivity contribution >= 4 is 5.97 Å². The van der Waals surface area contributed by atoms with Crippen LogP contribution >= 0.6 is 0 Å². The molecule has 4 saturated heterocycles. The maximum Gasteiger partial charge on any atom is 0.302 e. The monoisotopic (exact) mass is 1120 g/mol. The number of ether oxygens (including phenoxy) is 9. The molecule has 8 fully saturated rings. The van der Waals surface area contributed by atoms with Crippen LogP contribution in [-0.2, 0) is 47.4 Å². The Labute approximate surface area is 456 Å². The highest BCUT2D eigenvalue weighted by Gasteiger charge is 2.72.